The molecule has 2 aromatic rings. The quantitative estimate of drug-likeness (QED) is 0.683. The molecular weight excluding hydrogens is 400 g/mol. The number of aryl methyl sites for hydroxylation is 1. The summed E-state index contributed by atoms with van der Waals surface area (Å²) >= 11 is 5.82. The van der Waals surface area contributed by atoms with E-state index in [0.29, 0.717) is 16.3 Å². The number of sulfone groups is 1. The zero-order valence-corrected chi connectivity index (χ0v) is 17.3. The Morgan fingerprint density at radius 1 is 1.04 bits per heavy atom. The van der Waals surface area contributed by atoms with Gasteiger partial charge in [-0.15, -0.1) is 0 Å². The molecule has 0 aliphatic heterocycles. The molecule has 2 rings (SSSR count). The molecule has 0 aliphatic carbocycles. The van der Waals surface area contributed by atoms with E-state index in [9.17, 15) is 18.0 Å². The van der Waals surface area contributed by atoms with Crippen LogP contribution in [0.1, 0.15) is 29.3 Å². The van der Waals surface area contributed by atoms with Crippen LogP contribution in [-0.2, 0) is 21.1 Å². The molecule has 0 saturated heterocycles. The van der Waals surface area contributed by atoms with Gasteiger partial charge < -0.3 is 10.6 Å². The molecule has 0 spiro atoms. The SMILES string of the molecule is CCc1ccc(NC(=O)[C@@H](CCS(C)(=O)=O)NC(=O)c2ccc(Cl)cc2)cc1. The van der Waals surface area contributed by atoms with E-state index in [-0.39, 0.29) is 12.2 Å². The monoisotopic (exact) mass is 422 g/mol. The summed E-state index contributed by atoms with van der Waals surface area (Å²) in [6.07, 6.45) is 1.94. The highest BCUT2D eigenvalue weighted by Crippen LogP contribution is 2.13. The normalized spacial score (nSPS) is 12.2. The van der Waals surface area contributed by atoms with Gasteiger partial charge in [0, 0.05) is 22.5 Å². The third-order valence-corrected chi connectivity index (χ3v) is 5.36. The third-order valence-electron chi connectivity index (χ3n) is 4.14. The first-order valence-corrected chi connectivity index (χ1v) is 11.3. The maximum Gasteiger partial charge on any atom is 0.251 e. The van der Waals surface area contributed by atoms with Crippen molar-refractivity contribution in [3.8, 4) is 0 Å². The number of anilines is 1. The molecule has 0 fully saturated rings. The number of carbonyl (C=O) groups is 2. The molecule has 0 aliphatic rings. The van der Waals surface area contributed by atoms with Gasteiger partial charge in [0.15, 0.2) is 0 Å². The van der Waals surface area contributed by atoms with Gasteiger partial charge in [0.1, 0.15) is 15.9 Å². The van der Waals surface area contributed by atoms with Gasteiger partial charge in [-0.25, -0.2) is 8.42 Å². The largest absolute Gasteiger partial charge is 0.340 e. The minimum absolute atomic E-state index is 0.0307. The number of rotatable bonds is 8. The Kier molecular flexibility index (Phi) is 7.60. The maximum atomic E-state index is 12.7. The first-order valence-electron chi connectivity index (χ1n) is 8.82. The van der Waals surface area contributed by atoms with Crippen LogP contribution in [0.2, 0.25) is 5.02 Å². The second-order valence-corrected chi connectivity index (χ2v) is 9.19. The molecule has 6 nitrogen and oxygen atoms in total. The van der Waals surface area contributed by atoms with Crippen LogP contribution in [0, 0.1) is 0 Å². The predicted octanol–water partition coefficient (Wildman–Crippen LogP) is 3.07. The molecule has 150 valence electrons. The molecule has 2 amide bonds. The molecule has 2 aromatic carbocycles. The number of hydrogen-bond donors (Lipinski definition) is 2. The van der Waals surface area contributed by atoms with Crippen LogP contribution in [-0.4, -0.2) is 38.3 Å². The van der Waals surface area contributed by atoms with Gasteiger partial charge >= 0.3 is 0 Å². The van der Waals surface area contributed by atoms with Crippen molar-refractivity contribution in [1.82, 2.24) is 5.32 Å². The van der Waals surface area contributed by atoms with Crippen LogP contribution in [0.5, 0.6) is 0 Å². The Balaban J connectivity index is 2.13. The van der Waals surface area contributed by atoms with Crippen LogP contribution in [0.3, 0.4) is 0 Å². The second-order valence-electron chi connectivity index (χ2n) is 6.49. The summed E-state index contributed by atoms with van der Waals surface area (Å²) in [5.41, 5.74) is 2.03. The van der Waals surface area contributed by atoms with Crippen molar-refractivity contribution >= 4 is 38.9 Å². The van der Waals surface area contributed by atoms with Crippen molar-refractivity contribution in [1.29, 1.82) is 0 Å². The zero-order valence-electron chi connectivity index (χ0n) is 15.7. The Labute approximate surface area is 170 Å². The summed E-state index contributed by atoms with van der Waals surface area (Å²) in [5.74, 6) is -1.18. The Morgan fingerprint density at radius 3 is 2.18 bits per heavy atom. The lowest BCUT2D eigenvalue weighted by molar-refractivity contribution is -0.118. The van der Waals surface area contributed by atoms with E-state index in [4.69, 9.17) is 11.6 Å². The van der Waals surface area contributed by atoms with Crippen LogP contribution >= 0.6 is 11.6 Å². The average molecular weight is 423 g/mol. The summed E-state index contributed by atoms with van der Waals surface area (Å²) in [7, 11) is -3.29. The first-order chi connectivity index (χ1) is 13.2. The van der Waals surface area contributed by atoms with E-state index >= 15 is 0 Å². The second kappa shape index (κ2) is 9.71. The van der Waals surface area contributed by atoms with E-state index in [2.05, 4.69) is 10.6 Å². The molecule has 0 bridgehead atoms. The van der Waals surface area contributed by atoms with Crippen molar-refractivity contribution in [2.45, 2.75) is 25.8 Å². The number of benzene rings is 2. The number of amides is 2. The zero-order chi connectivity index (χ0) is 20.7. The molecule has 8 heteroatoms. The van der Waals surface area contributed by atoms with Crippen LogP contribution in [0.4, 0.5) is 5.69 Å². The van der Waals surface area contributed by atoms with Gasteiger partial charge in [-0.3, -0.25) is 9.59 Å². The fourth-order valence-corrected chi connectivity index (χ4v) is 3.29. The number of halogens is 1. The molecular formula is C20H23ClN2O4S. The minimum atomic E-state index is -3.29. The Morgan fingerprint density at radius 2 is 1.64 bits per heavy atom. The number of nitrogens with one attached hydrogen (secondary N) is 2. The van der Waals surface area contributed by atoms with Crippen molar-refractivity contribution < 1.29 is 18.0 Å². The van der Waals surface area contributed by atoms with Gasteiger partial charge in [0.25, 0.3) is 5.91 Å². The molecule has 0 saturated carbocycles. The molecule has 0 unspecified atom stereocenters. The van der Waals surface area contributed by atoms with E-state index < -0.39 is 27.7 Å². The molecule has 28 heavy (non-hydrogen) atoms. The fourth-order valence-electron chi connectivity index (χ4n) is 2.50. The summed E-state index contributed by atoms with van der Waals surface area (Å²) in [4.78, 5) is 25.1. The highest BCUT2D eigenvalue weighted by Gasteiger charge is 2.23. The number of carbonyl (C=O) groups excluding carboxylic acids is 2. The van der Waals surface area contributed by atoms with Crippen LogP contribution in [0.25, 0.3) is 0 Å². The minimum Gasteiger partial charge on any atom is -0.340 e. The van der Waals surface area contributed by atoms with Gasteiger partial charge in [0.2, 0.25) is 5.91 Å². The average Bonchev–Trinajstić information content (AvgIpc) is 2.65. The maximum absolute atomic E-state index is 12.7. The standard InChI is InChI=1S/C20H23ClN2O4S/c1-3-14-4-10-17(11-5-14)22-20(25)18(12-13-28(2,26)27)23-19(24)15-6-8-16(21)9-7-15/h4-11,18H,3,12-13H2,1-2H3,(H,22,25)(H,23,24)/t18-/m1/s1. The highest BCUT2D eigenvalue weighted by atomic mass is 35.5. The molecule has 0 radical (unpaired) electrons. The van der Waals surface area contributed by atoms with E-state index in [1.165, 1.54) is 12.1 Å². The van der Waals surface area contributed by atoms with Crippen molar-refractivity contribution in [3.05, 3.63) is 64.7 Å². The van der Waals surface area contributed by atoms with Gasteiger partial charge in [-0.2, -0.15) is 0 Å². The van der Waals surface area contributed by atoms with E-state index in [0.717, 1.165) is 18.2 Å². The summed E-state index contributed by atoms with van der Waals surface area (Å²) in [6, 6.07) is 12.5. The van der Waals surface area contributed by atoms with Crippen molar-refractivity contribution in [2.75, 3.05) is 17.3 Å². The Hall–Kier alpha value is -2.38. The molecule has 0 heterocycles. The van der Waals surface area contributed by atoms with Crippen molar-refractivity contribution in [3.63, 3.8) is 0 Å². The lowest BCUT2D eigenvalue weighted by Crippen LogP contribution is -2.44. The third kappa shape index (κ3) is 6.98. The smallest absolute Gasteiger partial charge is 0.251 e. The van der Waals surface area contributed by atoms with Gasteiger partial charge in [-0.1, -0.05) is 30.7 Å². The van der Waals surface area contributed by atoms with E-state index in [1.807, 2.05) is 19.1 Å². The van der Waals surface area contributed by atoms with Gasteiger partial charge in [-0.05, 0) is 54.8 Å². The summed E-state index contributed by atoms with van der Waals surface area (Å²) in [6.45, 7) is 2.03. The number of hydrogen-bond acceptors (Lipinski definition) is 4. The summed E-state index contributed by atoms with van der Waals surface area (Å²) in [5, 5.41) is 5.82. The molecule has 2 N–H and O–H groups in total. The highest BCUT2D eigenvalue weighted by molar-refractivity contribution is 7.90. The topological polar surface area (TPSA) is 92.3 Å². The lowest BCUT2D eigenvalue weighted by atomic mass is 10.1. The van der Waals surface area contributed by atoms with Crippen LogP contribution < -0.4 is 10.6 Å². The molecule has 0 aromatic heterocycles. The fraction of sp³-hybridized carbons (Fsp3) is 0.300. The molecule has 1 atom stereocenters. The predicted molar refractivity (Wildman–Crippen MR) is 111 cm³/mol. The van der Waals surface area contributed by atoms with Crippen LogP contribution in [0.15, 0.2) is 48.5 Å². The van der Waals surface area contributed by atoms with Crippen molar-refractivity contribution in [2.24, 2.45) is 0 Å². The van der Waals surface area contributed by atoms with E-state index in [1.54, 1.807) is 24.3 Å². The first kappa shape index (κ1) is 21.9. The Bertz CT molecular complexity index is 926. The lowest BCUT2D eigenvalue weighted by Gasteiger charge is -2.18. The summed E-state index contributed by atoms with van der Waals surface area (Å²) < 4.78 is 23.0. The van der Waals surface area contributed by atoms with Gasteiger partial charge in [0.05, 0.1) is 5.75 Å².